The van der Waals surface area contributed by atoms with E-state index in [0.717, 1.165) is 5.56 Å². The lowest BCUT2D eigenvalue weighted by Crippen LogP contribution is -2.29. The highest BCUT2D eigenvalue weighted by molar-refractivity contribution is 6.30. The van der Waals surface area contributed by atoms with E-state index in [2.05, 4.69) is 10.3 Å². The van der Waals surface area contributed by atoms with Gasteiger partial charge in [0.15, 0.2) is 0 Å². The molecule has 112 valence electrons. The van der Waals surface area contributed by atoms with Gasteiger partial charge in [0.05, 0.1) is 11.1 Å². The van der Waals surface area contributed by atoms with E-state index < -0.39 is 6.10 Å². The Hall–Kier alpha value is -1.78. The molecule has 0 saturated carbocycles. The fraction of sp³-hybridized carbons (Fsp3) is 0.312. The lowest BCUT2D eigenvalue weighted by atomic mass is 9.93. The van der Waals surface area contributed by atoms with Crippen molar-refractivity contribution in [2.45, 2.75) is 25.4 Å². The molecule has 0 aliphatic carbocycles. The summed E-state index contributed by atoms with van der Waals surface area (Å²) in [4.78, 5) is 14.8. The second kappa shape index (κ2) is 7.29. The molecule has 0 aliphatic heterocycles. The van der Waals surface area contributed by atoms with Gasteiger partial charge in [-0.2, -0.15) is 0 Å². The van der Waals surface area contributed by atoms with Crippen LogP contribution in [0.2, 0.25) is 5.02 Å². The maximum atomic E-state index is 12.0. The predicted molar refractivity (Wildman–Crippen MR) is 83.6 cm³/mol. The van der Waals surface area contributed by atoms with E-state index in [1.165, 1.54) is 0 Å². The lowest BCUT2D eigenvalue weighted by Gasteiger charge is -2.19. The number of amides is 1. The molecule has 21 heavy (non-hydrogen) atoms. The van der Waals surface area contributed by atoms with E-state index in [-0.39, 0.29) is 11.8 Å². The molecule has 0 fully saturated rings. The van der Waals surface area contributed by atoms with Crippen LogP contribution in [0.1, 0.15) is 35.3 Å². The number of carbonyl (C=O) groups excluding carboxylic acids is 1. The van der Waals surface area contributed by atoms with Crippen LogP contribution in [0, 0.1) is 0 Å². The van der Waals surface area contributed by atoms with Crippen LogP contribution >= 0.6 is 11.6 Å². The van der Waals surface area contributed by atoms with Crippen molar-refractivity contribution in [3.05, 3.63) is 58.9 Å². The number of halogens is 1. The van der Waals surface area contributed by atoms with Crippen molar-refractivity contribution >= 4 is 17.5 Å². The molecule has 2 rings (SSSR count). The average Bonchev–Trinajstić information content (AvgIpc) is 2.90. The summed E-state index contributed by atoms with van der Waals surface area (Å²) >= 11 is 5.79. The highest BCUT2D eigenvalue weighted by Crippen LogP contribution is 2.20. The number of aromatic nitrogens is 1. The summed E-state index contributed by atoms with van der Waals surface area (Å²) in [5.41, 5.74) is 1.53. The summed E-state index contributed by atoms with van der Waals surface area (Å²) in [5.74, 6) is -0.131. The second-order valence-electron chi connectivity index (χ2n) is 5.13. The Bertz CT molecular complexity index is 581. The van der Waals surface area contributed by atoms with Crippen molar-refractivity contribution in [3.8, 4) is 0 Å². The molecule has 2 unspecified atom stereocenters. The molecule has 1 heterocycles. The van der Waals surface area contributed by atoms with E-state index in [9.17, 15) is 9.90 Å². The summed E-state index contributed by atoms with van der Waals surface area (Å²) in [6.07, 6.45) is 1.74. The predicted octanol–water partition coefficient (Wildman–Crippen LogP) is 2.95. The van der Waals surface area contributed by atoms with Gasteiger partial charge in [0.2, 0.25) is 0 Å². The van der Waals surface area contributed by atoms with Gasteiger partial charge in [0.25, 0.3) is 5.91 Å². The standard InChI is InChI=1S/C16H19ClN2O2/c1-11(20)7-13(12-5-3-2-4-6-12)9-19-16(21)15-8-14(17)10-18-15/h2-6,8,10-11,13,18,20H,7,9H2,1H3,(H,19,21). The monoisotopic (exact) mass is 306 g/mol. The normalized spacial score (nSPS) is 13.7. The molecule has 2 aromatic rings. The van der Waals surface area contributed by atoms with Crippen LogP contribution in [-0.2, 0) is 0 Å². The summed E-state index contributed by atoms with van der Waals surface area (Å²) in [5, 5.41) is 13.0. The maximum absolute atomic E-state index is 12.0. The molecule has 0 radical (unpaired) electrons. The summed E-state index contributed by atoms with van der Waals surface area (Å²) in [7, 11) is 0. The molecule has 0 bridgehead atoms. The molecule has 3 N–H and O–H groups in total. The van der Waals surface area contributed by atoms with Crippen molar-refractivity contribution in [3.63, 3.8) is 0 Å². The molecule has 4 nitrogen and oxygen atoms in total. The minimum absolute atomic E-state index is 0.0700. The molecule has 2 atom stereocenters. The fourth-order valence-corrected chi connectivity index (χ4v) is 2.45. The third kappa shape index (κ3) is 4.62. The second-order valence-corrected chi connectivity index (χ2v) is 5.57. The maximum Gasteiger partial charge on any atom is 0.267 e. The minimum Gasteiger partial charge on any atom is -0.393 e. The average molecular weight is 307 g/mol. The van der Waals surface area contributed by atoms with Crippen molar-refractivity contribution < 1.29 is 9.90 Å². The number of aromatic amines is 1. The molecule has 0 aliphatic rings. The van der Waals surface area contributed by atoms with Gasteiger partial charge in [-0.3, -0.25) is 4.79 Å². The lowest BCUT2D eigenvalue weighted by molar-refractivity contribution is 0.0941. The number of carbonyl (C=O) groups is 1. The van der Waals surface area contributed by atoms with Crippen LogP contribution in [0.3, 0.4) is 0 Å². The zero-order valence-electron chi connectivity index (χ0n) is 11.8. The third-order valence-electron chi connectivity index (χ3n) is 3.30. The Kier molecular flexibility index (Phi) is 5.42. The number of aliphatic hydroxyl groups is 1. The van der Waals surface area contributed by atoms with Crippen LogP contribution in [0.4, 0.5) is 0 Å². The van der Waals surface area contributed by atoms with E-state index in [0.29, 0.717) is 23.7 Å². The highest BCUT2D eigenvalue weighted by atomic mass is 35.5. The number of hydrogen-bond acceptors (Lipinski definition) is 2. The Labute approximate surface area is 129 Å². The van der Waals surface area contributed by atoms with Gasteiger partial charge in [-0.05, 0) is 25.0 Å². The van der Waals surface area contributed by atoms with E-state index >= 15 is 0 Å². The zero-order chi connectivity index (χ0) is 15.2. The SMILES string of the molecule is CC(O)CC(CNC(=O)c1cc(Cl)c[nH]1)c1ccccc1. The molecular weight excluding hydrogens is 288 g/mol. The van der Waals surface area contributed by atoms with Gasteiger partial charge in [-0.25, -0.2) is 0 Å². The summed E-state index contributed by atoms with van der Waals surface area (Å²) in [6.45, 7) is 2.22. The van der Waals surface area contributed by atoms with Crippen molar-refractivity contribution in [1.82, 2.24) is 10.3 Å². The van der Waals surface area contributed by atoms with Gasteiger partial charge in [0, 0.05) is 18.7 Å². The topological polar surface area (TPSA) is 65.1 Å². The number of benzene rings is 1. The Morgan fingerprint density at radius 1 is 1.38 bits per heavy atom. The van der Waals surface area contributed by atoms with Crippen molar-refractivity contribution in [2.75, 3.05) is 6.54 Å². The van der Waals surface area contributed by atoms with Crippen LogP contribution in [0.25, 0.3) is 0 Å². The van der Waals surface area contributed by atoms with Gasteiger partial charge < -0.3 is 15.4 Å². The van der Waals surface area contributed by atoms with Gasteiger partial charge in [0.1, 0.15) is 5.69 Å². The number of nitrogens with one attached hydrogen (secondary N) is 2. The first-order valence-electron chi connectivity index (χ1n) is 6.91. The molecule has 0 spiro atoms. The fourth-order valence-electron chi connectivity index (χ4n) is 2.28. The van der Waals surface area contributed by atoms with Gasteiger partial charge >= 0.3 is 0 Å². The van der Waals surface area contributed by atoms with E-state index in [4.69, 9.17) is 11.6 Å². The van der Waals surface area contributed by atoms with Crippen LogP contribution in [-0.4, -0.2) is 28.6 Å². The highest BCUT2D eigenvalue weighted by Gasteiger charge is 2.16. The van der Waals surface area contributed by atoms with Crippen LogP contribution < -0.4 is 5.32 Å². The first-order valence-corrected chi connectivity index (χ1v) is 7.29. The molecule has 5 heteroatoms. The third-order valence-corrected chi connectivity index (χ3v) is 3.52. The molecule has 0 saturated heterocycles. The molecule has 1 aromatic heterocycles. The number of rotatable bonds is 6. The summed E-state index contributed by atoms with van der Waals surface area (Å²) < 4.78 is 0. The Morgan fingerprint density at radius 3 is 2.67 bits per heavy atom. The van der Waals surface area contributed by atoms with Gasteiger partial charge in [-0.1, -0.05) is 41.9 Å². The van der Waals surface area contributed by atoms with Crippen LogP contribution in [0.5, 0.6) is 0 Å². The first-order chi connectivity index (χ1) is 10.1. The molecule has 1 aromatic carbocycles. The zero-order valence-corrected chi connectivity index (χ0v) is 12.6. The minimum atomic E-state index is -0.424. The van der Waals surface area contributed by atoms with Crippen LogP contribution in [0.15, 0.2) is 42.6 Å². The smallest absolute Gasteiger partial charge is 0.267 e. The number of hydrogen-bond donors (Lipinski definition) is 3. The summed E-state index contributed by atoms with van der Waals surface area (Å²) in [6, 6.07) is 11.5. The molecular formula is C16H19ClN2O2. The van der Waals surface area contributed by atoms with Crippen molar-refractivity contribution in [1.29, 1.82) is 0 Å². The van der Waals surface area contributed by atoms with E-state index in [1.54, 1.807) is 19.2 Å². The quantitative estimate of drug-likeness (QED) is 0.768. The number of H-pyrrole nitrogens is 1. The number of aliphatic hydroxyl groups excluding tert-OH is 1. The molecule has 1 amide bonds. The van der Waals surface area contributed by atoms with Crippen molar-refractivity contribution in [2.24, 2.45) is 0 Å². The Morgan fingerprint density at radius 2 is 2.10 bits per heavy atom. The van der Waals surface area contributed by atoms with E-state index in [1.807, 2.05) is 30.3 Å². The Balaban J connectivity index is 2.01. The first kappa shape index (κ1) is 15.6. The van der Waals surface area contributed by atoms with Gasteiger partial charge in [-0.15, -0.1) is 0 Å². The largest absolute Gasteiger partial charge is 0.393 e.